The van der Waals surface area contributed by atoms with E-state index in [-0.39, 0.29) is 36.0 Å². The van der Waals surface area contributed by atoms with Crippen molar-refractivity contribution in [3.8, 4) is 0 Å². The van der Waals surface area contributed by atoms with E-state index in [2.05, 4.69) is 0 Å². The minimum Gasteiger partial charge on any atom is -0.460 e. The normalized spacial score (nSPS) is 29.9. The van der Waals surface area contributed by atoms with Gasteiger partial charge < -0.3 is 24.4 Å². The molecule has 3 aliphatic carbocycles. The van der Waals surface area contributed by atoms with Crippen LogP contribution in [0.5, 0.6) is 0 Å². The first-order valence-electron chi connectivity index (χ1n) is 13.4. The van der Waals surface area contributed by atoms with E-state index >= 15 is 0 Å². The van der Waals surface area contributed by atoms with Crippen LogP contribution in [-0.2, 0) is 19.0 Å². The van der Waals surface area contributed by atoms with Gasteiger partial charge in [-0.15, -0.1) is 0 Å². The second-order valence-corrected chi connectivity index (χ2v) is 13.2. The molecule has 0 spiro atoms. The zero-order valence-corrected chi connectivity index (χ0v) is 23.2. The Morgan fingerprint density at radius 1 is 0.941 bits per heavy atom. The molecule has 2 bridgehead atoms. The summed E-state index contributed by atoms with van der Waals surface area (Å²) in [5, 5.41) is 20.5. The summed E-state index contributed by atoms with van der Waals surface area (Å²) in [5.41, 5.74) is -1.58. The Morgan fingerprint density at radius 2 is 1.56 bits per heavy atom. The molecular formula is C28H52O6. The first kappa shape index (κ1) is 29.5. The summed E-state index contributed by atoms with van der Waals surface area (Å²) in [6.45, 7) is 17.6. The van der Waals surface area contributed by atoms with Gasteiger partial charge in [0, 0.05) is 0 Å². The number of fused-ring (bicyclic) bond motifs is 3. The van der Waals surface area contributed by atoms with Gasteiger partial charge in [-0.2, -0.15) is 0 Å². The second-order valence-electron chi connectivity index (χ2n) is 13.2. The molecule has 8 atom stereocenters. The molecule has 0 radical (unpaired) electrons. The lowest BCUT2D eigenvalue weighted by Gasteiger charge is -2.47. The van der Waals surface area contributed by atoms with Gasteiger partial charge in [0.15, 0.2) is 0 Å². The molecule has 0 aliphatic heterocycles. The van der Waals surface area contributed by atoms with Crippen molar-refractivity contribution in [3.05, 3.63) is 0 Å². The van der Waals surface area contributed by atoms with Crippen LogP contribution < -0.4 is 0 Å². The van der Waals surface area contributed by atoms with Gasteiger partial charge >= 0.3 is 5.97 Å². The van der Waals surface area contributed by atoms with E-state index in [0.29, 0.717) is 37.5 Å². The van der Waals surface area contributed by atoms with Gasteiger partial charge in [0.1, 0.15) is 5.60 Å². The highest BCUT2D eigenvalue weighted by molar-refractivity contribution is 5.76. The summed E-state index contributed by atoms with van der Waals surface area (Å²) < 4.78 is 18.9. The lowest BCUT2D eigenvalue weighted by molar-refractivity contribution is -0.177. The Bertz CT molecular complexity index is 648. The number of esters is 1. The average molecular weight is 485 g/mol. The average Bonchev–Trinajstić information content (AvgIpc) is 2.65. The van der Waals surface area contributed by atoms with E-state index in [4.69, 9.17) is 14.2 Å². The smallest absolute Gasteiger partial charge is 0.312 e. The molecule has 3 saturated carbocycles. The molecule has 6 nitrogen and oxygen atoms in total. The minimum absolute atomic E-state index is 0.0914. The summed E-state index contributed by atoms with van der Waals surface area (Å²) in [7, 11) is 0. The van der Waals surface area contributed by atoms with E-state index in [1.54, 1.807) is 6.92 Å². The lowest BCUT2D eigenvalue weighted by atomic mass is 9.67. The summed E-state index contributed by atoms with van der Waals surface area (Å²) in [5.74, 6) is 0.467. The van der Waals surface area contributed by atoms with E-state index in [0.717, 1.165) is 25.7 Å². The molecule has 3 rings (SSSR count). The molecule has 0 aromatic rings. The van der Waals surface area contributed by atoms with Gasteiger partial charge in [0.05, 0.1) is 41.5 Å². The molecule has 200 valence electrons. The van der Waals surface area contributed by atoms with Crippen LogP contribution in [0.1, 0.15) is 114 Å². The lowest BCUT2D eigenvalue weighted by Crippen LogP contribution is -2.47. The third-order valence-electron chi connectivity index (χ3n) is 7.42. The standard InChI is InChI=1S/C28H52O6/c1-10-28(9,25(31)34-27(6,7)8)17-22(16-21(13-18(2)29)33-26(3,4)5)32-24-15-19-11-12-20(24)14-23(19)30/h18-24,29-30H,10-17H2,1-9H3. The van der Waals surface area contributed by atoms with E-state index in [1.165, 1.54) is 0 Å². The topological polar surface area (TPSA) is 85.2 Å². The van der Waals surface area contributed by atoms with E-state index in [1.807, 2.05) is 55.4 Å². The molecule has 34 heavy (non-hydrogen) atoms. The molecule has 0 aromatic carbocycles. The Labute approximate surface area is 208 Å². The molecule has 0 amide bonds. The SMILES string of the molecule is CCC(C)(CC(CC(CC(C)O)OC(C)(C)C)OC1CC2CCC1CC2O)C(=O)OC(C)(C)C. The van der Waals surface area contributed by atoms with E-state index < -0.39 is 17.1 Å². The molecule has 8 unspecified atom stereocenters. The maximum absolute atomic E-state index is 13.2. The molecule has 0 saturated heterocycles. The number of aliphatic hydroxyl groups excluding tert-OH is 2. The van der Waals surface area contributed by atoms with Gasteiger partial charge in [-0.3, -0.25) is 4.79 Å². The third-order valence-corrected chi connectivity index (χ3v) is 7.42. The van der Waals surface area contributed by atoms with Crippen molar-refractivity contribution in [2.45, 2.75) is 155 Å². The van der Waals surface area contributed by atoms with Crippen LogP contribution in [-0.4, -0.2) is 57.9 Å². The molecule has 3 fully saturated rings. The van der Waals surface area contributed by atoms with Crippen LogP contribution in [0, 0.1) is 17.3 Å². The second kappa shape index (κ2) is 11.6. The summed E-state index contributed by atoms with van der Waals surface area (Å²) >= 11 is 0. The Hall–Kier alpha value is -0.690. The summed E-state index contributed by atoms with van der Waals surface area (Å²) in [6.07, 6.45) is 5.15. The van der Waals surface area contributed by atoms with Gasteiger partial charge in [0.2, 0.25) is 0 Å². The molecule has 3 aliphatic rings. The molecule has 2 N–H and O–H groups in total. The summed E-state index contributed by atoms with van der Waals surface area (Å²) in [4.78, 5) is 13.2. The minimum atomic E-state index is -0.678. The number of carbonyl (C=O) groups excluding carboxylic acids is 1. The van der Waals surface area contributed by atoms with Gasteiger partial charge in [-0.1, -0.05) is 6.92 Å². The third kappa shape index (κ3) is 9.07. The highest BCUT2D eigenvalue weighted by atomic mass is 16.6. The molecular weight excluding hydrogens is 432 g/mol. The van der Waals surface area contributed by atoms with Crippen molar-refractivity contribution in [3.63, 3.8) is 0 Å². The number of hydrogen-bond donors (Lipinski definition) is 2. The number of carbonyl (C=O) groups is 1. The zero-order valence-electron chi connectivity index (χ0n) is 23.2. The number of hydrogen-bond acceptors (Lipinski definition) is 6. The first-order chi connectivity index (χ1) is 15.5. The largest absolute Gasteiger partial charge is 0.460 e. The van der Waals surface area contributed by atoms with Crippen LogP contribution in [0.4, 0.5) is 0 Å². The van der Waals surface area contributed by atoms with Gasteiger partial charge in [0.25, 0.3) is 0 Å². The summed E-state index contributed by atoms with van der Waals surface area (Å²) in [6, 6.07) is 0. The predicted molar refractivity (Wildman–Crippen MR) is 135 cm³/mol. The Kier molecular flexibility index (Phi) is 10.1. The zero-order chi connectivity index (χ0) is 25.9. The van der Waals surface area contributed by atoms with Crippen molar-refractivity contribution in [1.29, 1.82) is 0 Å². The highest BCUT2D eigenvalue weighted by Gasteiger charge is 2.45. The van der Waals surface area contributed by atoms with Gasteiger partial charge in [-0.25, -0.2) is 0 Å². The Balaban J connectivity index is 2.25. The fourth-order valence-corrected chi connectivity index (χ4v) is 5.59. The van der Waals surface area contributed by atoms with Gasteiger partial charge in [-0.05, 0) is 119 Å². The first-order valence-corrected chi connectivity index (χ1v) is 13.4. The molecule has 0 heterocycles. The monoisotopic (exact) mass is 484 g/mol. The van der Waals surface area contributed by atoms with Crippen LogP contribution in [0.3, 0.4) is 0 Å². The van der Waals surface area contributed by atoms with Crippen molar-refractivity contribution >= 4 is 5.97 Å². The number of ether oxygens (including phenoxy) is 3. The fraction of sp³-hybridized carbons (Fsp3) is 0.964. The Morgan fingerprint density at radius 3 is 2.00 bits per heavy atom. The maximum Gasteiger partial charge on any atom is 0.312 e. The number of aliphatic hydroxyl groups is 2. The quantitative estimate of drug-likeness (QED) is 0.381. The van der Waals surface area contributed by atoms with Crippen molar-refractivity contribution < 1.29 is 29.2 Å². The van der Waals surface area contributed by atoms with Crippen molar-refractivity contribution in [1.82, 2.24) is 0 Å². The van der Waals surface area contributed by atoms with E-state index in [9.17, 15) is 15.0 Å². The van der Waals surface area contributed by atoms with Crippen molar-refractivity contribution in [2.75, 3.05) is 0 Å². The van der Waals surface area contributed by atoms with Crippen LogP contribution in [0.2, 0.25) is 0 Å². The molecule has 0 aromatic heterocycles. The molecule has 6 heteroatoms. The number of rotatable bonds is 11. The van der Waals surface area contributed by atoms with Crippen LogP contribution in [0.25, 0.3) is 0 Å². The van der Waals surface area contributed by atoms with Crippen LogP contribution in [0.15, 0.2) is 0 Å². The van der Waals surface area contributed by atoms with Crippen LogP contribution >= 0.6 is 0 Å². The highest BCUT2D eigenvalue weighted by Crippen LogP contribution is 2.44. The van der Waals surface area contributed by atoms with Crippen molar-refractivity contribution in [2.24, 2.45) is 17.3 Å². The predicted octanol–water partition coefficient (Wildman–Crippen LogP) is 5.41. The maximum atomic E-state index is 13.2. The fourth-order valence-electron chi connectivity index (χ4n) is 5.59.